The Hall–Kier alpha value is -4.39. The molecule has 3 aromatic rings. The quantitative estimate of drug-likeness (QED) is 0.160. The highest BCUT2D eigenvalue weighted by Crippen LogP contribution is 2.27. The van der Waals surface area contributed by atoms with Crippen molar-refractivity contribution in [3.63, 3.8) is 0 Å². The monoisotopic (exact) mass is 458 g/mol. The van der Waals surface area contributed by atoms with Crippen LogP contribution in [0.1, 0.15) is 23.6 Å². The molecule has 0 aliphatic carbocycles. The van der Waals surface area contributed by atoms with Crippen LogP contribution in [0.15, 0.2) is 84.0 Å². The van der Waals surface area contributed by atoms with Gasteiger partial charge in [-0.15, -0.1) is 0 Å². The largest absolute Gasteiger partial charge is 0.493 e. The first-order chi connectivity index (χ1) is 16.6. The van der Waals surface area contributed by atoms with Crippen LogP contribution in [0.5, 0.6) is 17.2 Å². The van der Waals surface area contributed by atoms with Gasteiger partial charge in [0.15, 0.2) is 18.1 Å². The maximum absolute atomic E-state index is 12.1. The Bertz CT molecular complexity index is 1160. The van der Waals surface area contributed by atoms with E-state index in [0.29, 0.717) is 17.1 Å². The first-order valence-corrected chi connectivity index (χ1v) is 10.7. The molecule has 174 valence electrons. The summed E-state index contributed by atoms with van der Waals surface area (Å²) in [6.07, 6.45) is 5.41. The lowest BCUT2D eigenvalue weighted by atomic mass is 10.2. The predicted molar refractivity (Wildman–Crippen MR) is 131 cm³/mol. The van der Waals surface area contributed by atoms with Crippen LogP contribution >= 0.6 is 0 Å². The molecule has 0 saturated heterocycles. The van der Waals surface area contributed by atoms with E-state index in [-0.39, 0.29) is 12.4 Å². The van der Waals surface area contributed by atoms with E-state index in [1.54, 1.807) is 24.3 Å². The molecule has 0 unspecified atom stereocenters. The molecule has 7 heteroatoms. The number of hydrazone groups is 1. The Balaban J connectivity index is 1.51. The maximum atomic E-state index is 12.1. The molecule has 7 nitrogen and oxygen atoms in total. The van der Waals surface area contributed by atoms with Crippen LogP contribution in [0, 0.1) is 0 Å². The molecule has 0 saturated carbocycles. The number of aryl methyl sites for hydroxylation is 1. The molecule has 0 aromatic heterocycles. The summed E-state index contributed by atoms with van der Waals surface area (Å²) in [7, 11) is 1.47. The van der Waals surface area contributed by atoms with Crippen molar-refractivity contribution in [2.45, 2.75) is 13.3 Å². The van der Waals surface area contributed by atoms with Crippen molar-refractivity contribution >= 4 is 24.2 Å². The molecular formula is C27H26N2O5. The van der Waals surface area contributed by atoms with Gasteiger partial charge in [0.1, 0.15) is 5.75 Å². The number of hydrogen-bond acceptors (Lipinski definition) is 6. The van der Waals surface area contributed by atoms with Gasteiger partial charge in [0.05, 0.1) is 13.3 Å². The highest BCUT2D eigenvalue weighted by molar-refractivity contribution is 5.89. The molecule has 0 fully saturated rings. The van der Waals surface area contributed by atoms with E-state index in [2.05, 4.69) is 17.5 Å². The molecule has 0 aliphatic rings. The highest BCUT2D eigenvalue weighted by atomic mass is 16.6. The van der Waals surface area contributed by atoms with Crippen LogP contribution in [0.3, 0.4) is 0 Å². The zero-order chi connectivity index (χ0) is 24.2. The molecule has 34 heavy (non-hydrogen) atoms. The van der Waals surface area contributed by atoms with E-state index < -0.39 is 11.9 Å². The number of nitrogens with zero attached hydrogens (tertiary/aromatic N) is 1. The Morgan fingerprint density at radius 3 is 2.41 bits per heavy atom. The van der Waals surface area contributed by atoms with Gasteiger partial charge in [-0.3, -0.25) is 4.79 Å². The van der Waals surface area contributed by atoms with Crippen molar-refractivity contribution in [1.29, 1.82) is 0 Å². The fourth-order valence-corrected chi connectivity index (χ4v) is 2.90. The third kappa shape index (κ3) is 7.63. The average Bonchev–Trinajstić information content (AvgIpc) is 2.88. The minimum Gasteiger partial charge on any atom is -0.493 e. The number of ether oxygens (including phenoxy) is 3. The topological polar surface area (TPSA) is 86.2 Å². The van der Waals surface area contributed by atoms with Crippen LogP contribution in [0.2, 0.25) is 0 Å². The number of benzene rings is 3. The second kappa shape index (κ2) is 12.6. The molecule has 0 aliphatic heterocycles. The number of hydrogen-bond donors (Lipinski definition) is 1. The molecule has 3 rings (SSSR count). The van der Waals surface area contributed by atoms with Gasteiger partial charge < -0.3 is 14.2 Å². The third-order valence-electron chi connectivity index (χ3n) is 4.71. The lowest BCUT2D eigenvalue weighted by Gasteiger charge is -2.08. The smallest absolute Gasteiger partial charge is 0.336 e. The van der Waals surface area contributed by atoms with E-state index in [4.69, 9.17) is 14.2 Å². The van der Waals surface area contributed by atoms with E-state index in [1.807, 2.05) is 54.6 Å². The number of nitrogens with one attached hydrogen (secondary N) is 1. The standard InChI is InChI=1S/C27H26N2O5/c1-3-20-9-13-23(14-10-20)33-19-26(30)29-28-18-22-11-15-24(25(17-22)32-2)34-27(31)16-12-21-7-5-4-6-8-21/h4-18H,3,19H2,1-2H3,(H,29,30). The molecular weight excluding hydrogens is 432 g/mol. The number of amides is 1. The summed E-state index contributed by atoms with van der Waals surface area (Å²) in [6, 6.07) is 21.9. The summed E-state index contributed by atoms with van der Waals surface area (Å²) in [4.78, 5) is 24.1. The van der Waals surface area contributed by atoms with Crippen molar-refractivity contribution in [2.75, 3.05) is 13.7 Å². The lowest BCUT2D eigenvalue weighted by molar-refractivity contribution is -0.129. The van der Waals surface area contributed by atoms with Gasteiger partial charge >= 0.3 is 5.97 Å². The van der Waals surface area contributed by atoms with Gasteiger partial charge in [-0.05, 0) is 59.5 Å². The zero-order valence-electron chi connectivity index (χ0n) is 19.1. The first-order valence-electron chi connectivity index (χ1n) is 10.7. The molecule has 0 atom stereocenters. The van der Waals surface area contributed by atoms with E-state index in [9.17, 15) is 9.59 Å². The number of carbonyl (C=O) groups is 2. The normalized spacial score (nSPS) is 10.9. The number of carbonyl (C=O) groups excluding carboxylic acids is 2. The Labute approximate surface area is 198 Å². The molecule has 0 spiro atoms. The van der Waals surface area contributed by atoms with Crippen molar-refractivity contribution < 1.29 is 23.8 Å². The Morgan fingerprint density at radius 1 is 0.941 bits per heavy atom. The minimum atomic E-state index is -0.528. The summed E-state index contributed by atoms with van der Waals surface area (Å²) in [6.45, 7) is 1.92. The fraction of sp³-hybridized carbons (Fsp3) is 0.148. The van der Waals surface area contributed by atoms with Crippen molar-refractivity contribution in [1.82, 2.24) is 5.43 Å². The van der Waals surface area contributed by atoms with E-state index in [0.717, 1.165) is 12.0 Å². The van der Waals surface area contributed by atoms with Gasteiger partial charge in [-0.1, -0.05) is 49.4 Å². The number of esters is 1. The zero-order valence-corrected chi connectivity index (χ0v) is 19.1. The molecule has 1 N–H and O–H groups in total. The molecule has 3 aromatic carbocycles. The van der Waals surface area contributed by atoms with Gasteiger partial charge in [-0.25, -0.2) is 10.2 Å². The number of rotatable bonds is 10. The van der Waals surface area contributed by atoms with Crippen LogP contribution in [0.4, 0.5) is 0 Å². The van der Waals surface area contributed by atoms with Gasteiger partial charge in [0.2, 0.25) is 0 Å². The first kappa shape index (κ1) is 24.3. The van der Waals surface area contributed by atoms with Crippen LogP contribution in [-0.2, 0) is 16.0 Å². The maximum Gasteiger partial charge on any atom is 0.336 e. The number of methoxy groups -OCH3 is 1. The highest BCUT2D eigenvalue weighted by Gasteiger charge is 2.09. The van der Waals surface area contributed by atoms with E-state index >= 15 is 0 Å². The summed E-state index contributed by atoms with van der Waals surface area (Å²) in [5, 5.41) is 3.93. The minimum absolute atomic E-state index is 0.155. The molecule has 0 radical (unpaired) electrons. The van der Waals surface area contributed by atoms with Crippen LogP contribution < -0.4 is 19.6 Å². The van der Waals surface area contributed by atoms with Gasteiger partial charge in [0, 0.05) is 6.08 Å². The van der Waals surface area contributed by atoms with Gasteiger partial charge in [-0.2, -0.15) is 5.10 Å². The summed E-state index contributed by atoms with van der Waals surface area (Å²) in [5.74, 6) is 0.327. The second-order valence-corrected chi connectivity index (χ2v) is 7.15. The molecule has 1 amide bonds. The van der Waals surface area contributed by atoms with Crippen molar-refractivity contribution in [3.05, 3.63) is 95.6 Å². The lowest BCUT2D eigenvalue weighted by Crippen LogP contribution is -2.24. The Kier molecular flexibility index (Phi) is 8.99. The van der Waals surface area contributed by atoms with Crippen LogP contribution in [0.25, 0.3) is 6.08 Å². The SMILES string of the molecule is CCc1ccc(OCC(=O)NN=Cc2ccc(OC(=O)C=Cc3ccccc3)c(OC)c2)cc1. The molecule has 0 bridgehead atoms. The van der Waals surface area contributed by atoms with Crippen LogP contribution in [-0.4, -0.2) is 31.8 Å². The Morgan fingerprint density at radius 2 is 1.71 bits per heavy atom. The van der Waals surface area contributed by atoms with Crippen molar-refractivity contribution in [3.8, 4) is 17.2 Å². The van der Waals surface area contributed by atoms with E-state index in [1.165, 1.54) is 25.0 Å². The second-order valence-electron chi connectivity index (χ2n) is 7.15. The summed E-state index contributed by atoms with van der Waals surface area (Å²) < 4.78 is 16.1. The summed E-state index contributed by atoms with van der Waals surface area (Å²) in [5.41, 5.74) is 5.14. The van der Waals surface area contributed by atoms with Gasteiger partial charge in [0.25, 0.3) is 5.91 Å². The average molecular weight is 459 g/mol. The van der Waals surface area contributed by atoms with Crippen molar-refractivity contribution in [2.24, 2.45) is 5.10 Å². The predicted octanol–water partition coefficient (Wildman–Crippen LogP) is 4.41. The summed E-state index contributed by atoms with van der Waals surface area (Å²) >= 11 is 0. The third-order valence-corrected chi connectivity index (χ3v) is 4.71. The molecule has 0 heterocycles. The fourth-order valence-electron chi connectivity index (χ4n) is 2.90.